The molecule has 224 valence electrons. The molecule has 0 spiro atoms. The average Bonchev–Trinajstić information content (AvgIpc) is 3.01. The van der Waals surface area contributed by atoms with Crippen molar-refractivity contribution in [3.05, 3.63) is 90.5 Å². The van der Waals surface area contributed by atoms with E-state index in [0.29, 0.717) is 24.5 Å². The number of ether oxygens (including phenoxy) is 1. The highest BCUT2D eigenvalue weighted by atomic mass is 32.2. The van der Waals surface area contributed by atoms with E-state index >= 15 is 0 Å². The topological polar surface area (TPSA) is 96.0 Å². The second-order valence-corrected chi connectivity index (χ2v) is 12.4. The largest absolute Gasteiger partial charge is 0.494 e. The first kappa shape index (κ1) is 31.1. The van der Waals surface area contributed by atoms with E-state index in [1.807, 2.05) is 44.2 Å². The van der Waals surface area contributed by atoms with E-state index in [2.05, 4.69) is 5.32 Å². The highest BCUT2D eigenvalue weighted by Gasteiger charge is 2.34. The van der Waals surface area contributed by atoms with Gasteiger partial charge in [0.1, 0.15) is 18.3 Å². The van der Waals surface area contributed by atoms with Gasteiger partial charge in [-0.05, 0) is 68.1 Å². The van der Waals surface area contributed by atoms with Gasteiger partial charge in [0, 0.05) is 12.6 Å². The molecule has 1 fully saturated rings. The number of amides is 2. The van der Waals surface area contributed by atoms with Gasteiger partial charge in [0.25, 0.3) is 10.0 Å². The van der Waals surface area contributed by atoms with Gasteiger partial charge in [-0.3, -0.25) is 13.9 Å². The maximum absolute atomic E-state index is 14.2. The Balaban J connectivity index is 1.66. The first-order chi connectivity index (χ1) is 20.3. The molecular formula is C33H41N3O5S. The van der Waals surface area contributed by atoms with E-state index < -0.39 is 28.5 Å². The van der Waals surface area contributed by atoms with Crippen LogP contribution in [0.2, 0.25) is 0 Å². The third-order valence-corrected chi connectivity index (χ3v) is 9.37. The van der Waals surface area contributed by atoms with Gasteiger partial charge < -0.3 is 15.0 Å². The van der Waals surface area contributed by atoms with Crippen molar-refractivity contribution in [3.63, 3.8) is 0 Å². The molecule has 0 heterocycles. The first-order valence-corrected chi connectivity index (χ1v) is 16.2. The Morgan fingerprint density at radius 2 is 1.50 bits per heavy atom. The van der Waals surface area contributed by atoms with Crippen molar-refractivity contribution < 1.29 is 22.7 Å². The number of benzene rings is 3. The van der Waals surface area contributed by atoms with E-state index in [4.69, 9.17) is 4.74 Å². The van der Waals surface area contributed by atoms with Crippen LogP contribution in [0, 0.1) is 0 Å². The summed E-state index contributed by atoms with van der Waals surface area (Å²) in [6.45, 7) is 3.91. The fraction of sp³-hybridized carbons (Fsp3) is 0.394. The van der Waals surface area contributed by atoms with E-state index in [0.717, 1.165) is 35.6 Å². The normalized spacial score (nSPS) is 14.5. The quantitative estimate of drug-likeness (QED) is 0.282. The maximum Gasteiger partial charge on any atom is 0.264 e. The Hall–Kier alpha value is -3.85. The smallest absolute Gasteiger partial charge is 0.264 e. The molecule has 1 N–H and O–H groups in total. The summed E-state index contributed by atoms with van der Waals surface area (Å²) in [5.74, 6) is -0.0974. The number of rotatable bonds is 13. The Bertz CT molecular complexity index is 1390. The third kappa shape index (κ3) is 7.91. The molecule has 0 radical (unpaired) electrons. The fourth-order valence-electron chi connectivity index (χ4n) is 5.37. The summed E-state index contributed by atoms with van der Waals surface area (Å²) in [4.78, 5) is 29.3. The summed E-state index contributed by atoms with van der Waals surface area (Å²) in [7, 11) is -4.13. The molecule has 8 nitrogen and oxygen atoms in total. The molecule has 42 heavy (non-hydrogen) atoms. The van der Waals surface area contributed by atoms with Crippen molar-refractivity contribution in [1.29, 1.82) is 0 Å². The van der Waals surface area contributed by atoms with Crippen LogP contribution in [-0.4, -0.2) is 50.4 Å². The lowest BCUT2D eigenvalue weighted by Gasteiger charge is -2.34. The molecule has 1 aliphatic rings. The lowest BCUT2D eigenvalue weighted by molar-refractivity contribution is -0.140. The Morgan fingerprint density at radius 3 is 2.10 bits per heavy atom. The van der Waals surface area contributed by atoms with Crippen LogP contribution >= 0.6 is 0 Å². The van der Waals surface area contributed by atoms with Gasteiger partial charge in [-0.15, -0.1) is 0 Å². The number of para-hydroxylation sites is 1. The Kier molecular flexibility index (Phi) is 11.0. The van der Waals surface area contributed by atoms with E-state index in [1.54, 1.807) is 42.5 Å². The van der Waals surface area contributed by atoms with Gasteiger partial charge in [-0.25, -0.2) is 8.42 Å². The number of hydrogen-bond acceptors (Lipinski definition) is 5. The van der Waals surface area contributed by atoms with Crippen molar-refractivity contribution in [2.45, 2.75) is 75.9 Å². The minimum Gasteiger partial charge on any atom is -0.494 e. The van der Waals surface area contributed by atoms with Crippen molar-refractivity contribution in [1.82, 2.24) is 10.2 Å². The molecule has 2 amide bonds. The van der Waals surface area contributed by atoms with Gasteiger partial charge in [0.2, 0.25) is 11.8 Å². The zero-order valence-electron chi connectivity index (χ0n) is 24.4. The first-order valence-electron chi connectivity index (χ1n) is 14.8. The predicted octanol–water partition coefficient (Wildman–Crippen LogP) is 5.54. The summed E-state index contributed by atoms with van der Waals surface area (Å²) < 4.78 is 34.6. The van der Waals surface area contributed by atoms with Gasteiger partial charge in [-0.1, -0.05) is 74.7 Å². The van der Waals surface area contributed by atoms with E-state index in [1.165, 1.54) is 23.5 Å². The van der Waals surface area contributed by atoms with Crippen LogP contribution in [0.5, 0.6) is 5.75 Å². The Labute approximate surface area is 249 Å². The van der Waals surface area contributed by atoms with E-state index in [9.17, 15) is 18.0 Å². The van der Waals surface area contributed by atoms with Crippen LogP contribution in [0.25, 0.3) is 0 Å². The molecule has 0 aliphatic heterocycles. The van der Waals surface area contributed by atoms with Crippen molar-refractivity contribution >= 4 is 27.5 Å². The average molecular weight is 592 g/mol. The molecule has 1 aliphatic carbocycles. The molecule has 4 rings (SSSR count). The molecule has 1 unspecified atom stereocenters. The number of nitrogens with zero attached hydrogens (tertiary/aromatic N) is 2. The van der Waals surface area contributed by atoms with Crippen molar-refractivity contribution in [3.8, 4) is 5.75 Å². The standard InChI is InChI=1S/C33H41N3O5S/c1-3-31(33(38)34-27-16-10-6-11-17-27)35(24-26-14-8-5-9-15-26)32(37)25-36(28-18-12-7-13-19-28)42(39,40)30-22-20-29(21-23-30)41-4-2/h5,7-9,12-15,18-23,27,31H,3-4,6,10-11,16-17,24-25H2,1-2H3,(H,34,38). The third-order valence-electron chi connectivity index (χ3n) is 7.58. The highest BCUT2D eigenvalue weighted by molar-refractivity contribution is 7.92. The molecule has 0 aromatic heterocycles. The van der Waals surface area contributed by atoms with Crippen LogP contribution in [0.4, 0.5) is 5.69 Å². The van der Waals surface area contributed by atoms with Gasteiger partial charge in [0.05, 0.1) is 17.2 Å². The fourth-order valence-corrected chi connectivity index (χ4v) is 6.78. The van der Waals surface area contributed by atoms with Crippen LogP contribution in [-0.2, 0) is 26.2 Å². The van der Waals surface area contributed by atoms with Crippen LogP contribution in [0.1, 0.15) is 57.9 Å². The molecule has 0 saturated heterocycles. The molecule has 9 heteroatoms. The van der Waals surface area contributed by atoms with Crippen LogP contribution in [0.15, 0.2) is 89.8 Å². The second kappa shape index (κ2) is 14.9. The summed E-state index contributed by atoms with van der Waals surface area (Å²) in [5.41, 5.74) is 1.22. The summed E-state index contributed by atoms with van der Waals surface area (Å²) in [6, 6.07) is 23.5. The molecule has 0 bridgehead atoms. The SMILES string of the molecule is CCOc1ccc(S(=O)(=O)N(CC(=O)N(Cc2ccccc2)C(CC)C(=O)NC2CCCCC2)c2ccccc2)cc1. The molecule has 3 aromatic carbocycles. The molecule has 3 aromatic rings. The number of hydrogen-bond donors (Lipinski definition) is 1. The van der Waals surface area contributed by atoms with E-state index in [-0.39, 0.29) is 23.4 Å². The zero-order valence-corrected chi connectivity index (χ0v) is 25.3. The maximum atomic E-state index is 14.2. The van der Waals surface area contributed by atoms with Gasteiger partial charge >= 0.3 is 0 Å². The minimum atomic E-state index is -4.13. The number of sulfonamides is 1. The summed E-state index contributed by atoms with van der Waals surface area (Å²) in [6.07, 6.45) is 5.57. The second-order valence-electron chi connectivity index (χ2n) is 10.5. The number of nitrogens with one attached hydrogen (secondary N) is 1. The van der Waals surface area contributed by atoms with Gasteiger partial charge in [0.15, 0.2) is 0 Å². The number of carbonyl (C=O) groups is 2. The Morgan fingerprint density at radius 1 is 0.881 bits per heavy atom. The molecule has 1 saturated carbocycles. The molecule has 1 atom stereocenters. The predicted molar refractivity (Wildman–Crippen MR) is 165 cm³/mol. The zero-order chi connectivity index (χ0) is 30.0. The number of carbonyl (C=O) groups excluding carboxylic acids is 2. The van der Waals surface area contributed by atoms with Crippen molar-refractivity contribution in [2.75, 3.05) is 17.5 Å². The lowest BCUT2D eigenvalue weighted by Crippen LogP contribution is -2.54. The van der Waals surface area contributed by atoms with Crippen LogP contribution < -0.4 is 14.4 Å². The minimum absolute atomic E-state index is 0.0410. The lowest BCUT2D eigenvalue weighted by atomic mass is 9.95. The highest BCUT2D eigenvalue weighted by Crippen LogP contribution is 2.26. The summed E-state index contributed by atoms with van der Waals surface area (Å²) in [5, 5.41) is 3.17. The van der Waals surface area contributed by atoms with Crippen LogP contribution in [0.3, 0.4) is 0 Å². The molecular weight excluding hydrogens is 550 g/mol. The van der Waals surface area contributed by atoms with Crippen molar-refractivity contribution in [2.24, 2.45) is 0 Å². The summed E-state index contributed by atoms with van der Waals surface area (Å²) >= 11 is 0. The van der Waals surface area contributed by atoms with Gasteiger partial charge in [-0.2, -0.15) is 0 Å². The number of anilines is 1. The monoisotopic (exact) mass is 591 g/mol.